The highest BCUT2D eigenvalue weighted by molar-refractivity contribution is 6.37. The molecule has 3 aliphatic rings. The van der Waals surface area contributed by atoms with Gasteiger partial charge in [0.15, 0.2) is 0 Å². The third-order valence-electron chi connectivity index (χ3n) is 7.08. The van der Waals surface area contributed by atoms with Crippen molar-refractivity contribution in [3.63, 3.8) is 0 Å². The van der Waals surface area contributed by atoms with Gasteiger partial charge < -0.3 is 4.74 Å². The Hall–Kier alpha value is -4.04. The summed E-state index contributed by atoms with van der Waals surface area (Å²) in [7, 11) is 0. The molecule has 8 heteroatoms. The minimum atomic E-state index is -2.25. The second-order valence-corrected chi connectivity index (χ2v) is 9.00. The Morgan fingerprint density at radius 3 is 2.06 bits per heavy atom. The van der Waals surface area contributed by atoms with Crippen LogP contribution in [0.2, 0.25) is 0 Å². The minimum Gasteiger partial charge on any atom is -0.349 e. The zero-order valence-electron chi connectivity index (χ0n) is 18.3. The summed E-state index contributed by atoms with van der Waals surface area (Å²) < 4.78 is 34.4. The normalized spacial score (nSPS) is 24.4. The highest BCUT2D eigenvalue weighted by Crippen LogP contribution is 2.57. The Morgan fingerprint density at radius 2 is 1.46 bits per heavy atom. The van der Waals surface area contributed by atoms with Crippen LogP contribution in [0.1, 0.15) is 37.9 Å². The third-order valence-corrected chi connectivity index (χ3v) is 7.08. The van der Waals surface area contributed by atoms with Gasteiger partial charge in [0.2, 0.25) is 29.0 Å². The van der Waals surface area contributed by atoms with Gasteiger partial charge in [0.1, 0.15) is 11.6 Å². The molecular weight excluding hydrogens is 456 g/mol. The first-order valence-electron chi connectivity index (χ1n) is 11.0. The van der Waals surface area contributed by atoms with E-state index >= 15 is 0 Å². The number of amides is 2. The number of nitrogens with zero attached hydrogens (tertiary/aromatic N) is 1. The van der Waals surface area contributed by atoms with Crippen LogP contribution >= 0.6 is 0 Å². The van der Waals surface area contributed by atoms with Crippen LogP contribution in [0, 0.1) is 30.4 Å². The molecule has 174 valence electrons. The number of imide groups is 1. The van der Waals surface area contributed by atoms with E-state index in [0.717, 1.165) is 17.7 Å². The molecule has 2 saturated heterocycles. The summed E-state index contributed by atoms with van der Waals surface area (Å²) >= 11 is 0. The van der Waals surface area contributed by atoms with E-state index in [-0.39, 0.29) is 11.1 Å². The Kier molecular flexibility index (Phi) is 4.44. The number of benzene rings is 3. The molecule has 2 aliphatic heterocycles. The van der Waals surface area contributed by atoms with Crippen LogP contribution in [0.3, 0.4) is 0 Å². The number of hydrogen-bond donors (Lipinski definition) is 0. The minimum absolute atomic E-state index is 0.104. The van der Waals surface area contributed by atoms with Gasteiger partial charge in [-0.1, -0.05) is 54.1 Å². The molecule has 0 saturated carbocycles. The van der Waals surface area contributed by atoms with Crippen molar-refractivity contribution in [3.8, 4) is 0 Å². The highest BCUT2D eigenvalue weighted by atomic mass is 19.1. The van der Waals surface area contributed by atoms with Crippen LogP contribution in [-0.4, -0.2) is 29.0 Å². The van der Waals surface area contributed by atoms with Crippen molar-refractivity contribution in [3.05, 3.63) is 101 Å². The molecule has 3 aromatic carbocycles. The lowest BCUT2D eigenvalue weighted by Crippen LogP contribution is -2.51. The molecule has 6 rings (SSSR count). The Morgan fingerprint density at radius 1 is 0.829 bits per heavy atom. The standard InChI is InChI=1S/C27H17F2NO5/c1-13-6-8-14(9-7-13)22-20-21(26(34)30(25(20)33)19-11-10-15(28)12-18(19)29)27(35-22)23(31)16-4-2-3-5-17(16)24(27)32/h2-12,20-22H,1H3/t20-,21+,22+/m1/s1. The molecule has 35 heavy (non-hydrogen) atoms. The van der Waals surface area contributed by atoms with E-state index in [1.54, 1.807) is 36.4 Å². The molecular formula is C27H17F2NO5. The second-order valence-electron chi connectivity index (χ2n) is 9.00. The lowest BCUT2D eigenvalue weighted by Gasteiger charge is -2.27. The molecule has 3 atom stereocenters. The monoisotopic (exact) mass is 473 g/mol. The molecule has 0 N–H and O–H groups in total. The van der Waals surface area contributed by atoms with Crippen molar-refractivity contribution in [2.24, 2.45) is 11.8 Å². The first-order chi connectivity index (χ1) is 16.8. The molecule has 2 heterocycles. The predicted molar refractivity (Wildman–Crippen MR) is 119 cm³/mol. The van der Waals surface area contributed by atoms with Crippen LogP contribution in [0.15, 0.2) is 66.7 Å². The largest absolute Gasteiger partial charge is 0.349 e. The molecule has 2 fully saturated rings. The number of rotatable bonds is 2. The van der Waals surface area contributed by atoms with Gasteiger partial charge in [-0.3, -0.25) is 19.2 Å². The molecule has 2 amide bonds. The van der Waals surface area contributed by atoms with Crippen molar-refractivity contribution >= 4 is 29.1 Å². The van der Waals surface area contributed by atoms with E-state index in [0.29, 0.717) is 16.5 Å². The van der Waals surface area contributed by atoms with E-state index in [2.05, 4.69) is 0 Å². The zero-order valence-corrected chi connectivity index (χ0v) is 18.3. The van der Waals surface area contributed by atoms with Crippen molar-refractivity contribution in [1.29, 1.82) is 0 Å². The van der Waals surface area contributed by atoms with Crippen molar-refractivity contribution in [2.75, 3.05) is 4.90 Å². The summed E-state index contributed by atoms with van der Waals surface area (Å²) in [5.41, 5.74) is -1.05. The fraction of sp³-hybridized carbons (Fsp3) is 0.185. The van der Waals surface area contributed by atoms with E-state index < -0.39 is 64.2 Å². The first-order valence-corrected chi connectivity index (χ1v) is 11.0. The van der Waals surface area contributed by atoms with E-state index in [4.69, 9.17) is 4.74 Å². The molecule has 1 aliphatic carbocycles. The smallest absolute Gasteiger partial charge is 0.241 e. The number of Topliss-reactive ketones (excluding diaryl/α,β-unsaturated/α-hetero) is 2. The molecule has 0 bridgehead atoms. The van der Waals surface area contributed by atoms with E-state index in [1.165, 1.54) is 12.1 Å². The number of carbonyl (C=O) groups is 4. The molecule has 1 spiro atoms. The highest BCUT2D eigenvalue weighted by Gasteiger charge is 2.74. The number of fused-ring (bicyclic) bond motifs is 3. The predicted octanol–water partition coefficient (Wildman–Crippen LogP) is 3.97. The zero-order chi connectivity index (χ0) is 24.6. The summed E-state index contributed by atoms with van der Waals surface area (Å²) in [6, 6.07) is 15.6. The summed E-state index contributed by atoms with van der Waals surface area (Å²) in [6.07, 6.45) is -1.10. The third kappa shape index (κ3) is 2.71. The number of anilines is 1. The maximum absolute atomic E-state index is 14.7. The van der Waals surface area contributed by atoms with Crippen LogP contribution in [0.5, 0.6) is 0 Å². The van der Waals surface area contributed by atoms with Gasteiger partial charge in [-0.2, -0.15) is 0 Å². The average molecular weight is 473 g/mol. The quantitative estimate of drug-likeness (QED) is 0.416. The van der Waals surface area contributed by atoms with Crippen molar-refractivity contribution in [1.82, 2.24) is 0 Å². The number of aryl methyl sites for hydroxylation is 1. The molecule has 3 aromatic rings. The second kappa shape index (κ2) is 7.23. The molecule has 0 radical (unpaired) electrons. The van der Waals surface area contributed by atoms with Gasteiger partial charge in [0.05, 0.1) is 23.6 Å². The lowest BCUT2D eigenvalue weighted by atomic mass is 9.77. The van der Waals surface area contributed by atoms with Gasteiger partial charge in [-0.15, -0.1) is 0 Å². The first kappa shape index (κ1) is 21.5. The van der Waals surface area contributed by atoms with Crippen molar-refractivity contribution in [2.45, 2.75) is 18.6 Å². The number of hydrogen-bond acceptors (Lipinski definition) is 5. The number of halogens is 2. The Labute approximate surface area is 198 Å². The maximum Gasteiger partial charge on any atom is 0.241 e. The molecule has 6 nitrogen and oxygen atoms in total. The van der Waals surface area contributed by atoms with Crippen molar-refractivity contribution < 1.29 is 32.7 Å². The van der Waals surface area contributed by atoms with Gasteiger partial charge >= 0.3 is 0 Å². The molecule has 0 aromatic heterocycles. The van der Waals surface area contributed by atoms with Gasteiger partial charge in [0.25, 0.3) is 0 Å². The van der Waals surface area contributed by atoms with Gasteiger partial charge in [0, 0.05) is 17.2 Å². The van der Waals surface area contributed by atoms with Gasteiger partial charge in [-0.05, 0) is 24.6 Å². The van der Waals surface area contributed by atoms with Crippen LogP contribution in [-0.2, 0) is 14.3 Å². The SMILES string of the molecule is Cc1ccc([C@@H]2OC3(C(=O)c4ccccc4C3=O)[C@@H]3C(=O)N(c4ccc(F)cc4F)C(=O)[C@H]32)cc1. The summed E-state index contributed by atoms with van der Waals surface area (Å²) in [4.78, 5) is 55.3. The lowest BCUT2D eigenvalue weighted by molar-refractivity contribution is -0.127. The number of ether oxygens (including phenoxy) is 1. The number of ketones is 2. The van der Waals surface area contributed by atoms with Crippen LogP contribution in [0.25, 0.3) is 0 Å². The fourth-order valence-corrected chi connectivity index (χ4v) is 5.47. The Balaban J connectivity index is 1.55. The summed E-state index contributed by atoms with van der Waals surface area (Å²) in [6.45, 7) is 1.87. The van der Waals surface area contributed by atoms with Crippen LogP contribution in [0.4, 0.5) is 14.5 Å². The Bertz CT molecular complexity index is 1430. The fourth-order valence-electron chi connectivity index (χ4n) is 5.47. The van der Waals surface area contributed by atoms with Gasteiger partial charge in [-0.25, -0.2) is 13.7 Å². The average Bonchev–Trinajstić information content (AvgIpc) is 3.40. The van der Waals surface area contributed by atoms with E-state index in [1.807, 2.05) is 6.92 Å². The summed E-state index contributed by atoms with van der Waals surface area (Å²) in [5.74, 6) is -7.90. The molecule has 0 unspecified atom stereocenters. The number of carbonyl (C=O) groups excluding carboxylic acids is 4. The van der Waals surface area contributed by atoms with E-state index in [9.17, 15) is 28.0 Å². The maximum atomic E-state index is 14.7. The summed E-state index contributed by atoms with van der Waals surface area (Å²) in [5, 5.41) is 0. The topological polar surface area (TPSA) is 80.8 Å². The van der Waals surface area contributed by atoms with Crippen LogP contribution < -0.4 is 4.90 Å².